The van der Waals surface area contributed by atoms with Gasteiger partial charge in [0.15, 0.2) is 16.8 Å². The van der Waals surface area contributed by atoms with Crippen molar-refractivity contribution in [2.75, 3.05) is 11.9 Å². The van der Waals surface area contributed by atoms with E-state index < -0.39 is 35.9 Å². The van der Waals surface area contributed by atoms with Gasteiger partial charge in [0.2, 0.25) is 5.91 Å². The lowest BCUT2D eigenvalue weighted by Gasteiger charge is -2.12. The molecule has 6 nitrogen and oxygen atoms in total. The van der Waals surface area contributed by atoms with Crippen LogP contribution in [-0.4, -0.2) is 34.2 Å². The number of rotatable bonds is 3. The largest absolute Gasteiger partial charge is 0.300 e. The van der Waals surface area contributed by atoms with Crippen molar-refractivity contribution >= 4 is 67.6 Å². The van der Waals surface area contributed by atoms with Gasteiger partial charge in [0.05, 0.1) is 31.4 Å². The third kappa shape index (κ3) is 3.11. The zero-order valence-electron chi connectivity index (χ0n) is 13.6. The maximum absolute atomic E-state index is 13.3. The van der Waals surface area contributed by atoms with E-state index >= 15 is 0 Å². The number of hydrogen-bond donors (Lipinski definition) is 1. The van der Waals surface area contributed by atoms with Crippen molar-refractivity contribution in [1.82, 2.24) is 9.88 Å². The molecule has 0 saturated heterocycles. The second-order valence-electron chi connectivity index (χ2n) is 5.81. The Kier molecular flexibility index (Phi) is 4.53. The Morgan fingerprint density at radius 3 is 2.21 bits per heavy atom. The Bertz CT molecular complexity index is 1120. The molecule has 3 amide bonds. The average molecular weight is 442 g/mol. The van der Waals surface area contributed by atoms with Crippen molar-refractivity contribution in [1.29, 1.82) is 0 Å². The third-order valence-electron chi connectivity index (χ3n) is 3.99. The lowest BCUT2D eigenvalue weighted by atomic mass is 10.1. The molecule has 1 aliphatic heterocycles. The van der Waals surface area contributed by atoms with Crippen LogP contribution in [-0.2, 0) is 4.79 Å². The molecule has 1 N–H and O–H groups in total. The van der Waals surface area contributed by atoms with Gasteiger partial charge in [0.25, 0.3) is 11.8 Å². The van der Waals surface area contributed by atoms with Gasteiger partial charge in [-0.15, -0.1) is 0 Å². The van der Waals surface area contributed by atoms with Crippen LogP contribution in [0.3, 0.4) is 0 Å². The Hall–Kier alpha value is -2.62. The molecule has 2 aromatic carbocycles. The summed E-state index contributed by atoms with van der Waals surface area (Å²) in [5, 5.41) is 2.72. The van der Waals surface area contributed by atoms with Gasteiger partial charge in [-0.3, -0.25) is 19.3 Å². The molecule has 0 radical (unpaired) electrons. The standard InChI is InChI=1S/C17H7Cl2F2N3O3S/c18-8-1-6-7(2-9(8)19)16(27)24(15(6)26)5-14(25)23-17-22-12-3-10(20)11(21)4-13(12)28-17/h1-4H,5H2,(H,22,23,25). The van der Waals surface area contributed by atoms with Crippen molar-refractivity contribution in [3.63, 3.8) is 0 Å². The summed E-state index contributed by atoms with van der Waals surface area (Å²) in [5.41, 5.74) is 0.278. The minimum Gasteiger partial charge on any atom is -0.300 e. The number of carbonyl (C=O) groups excluding carboxylic acids is 3. The molecular weight excluding hydrogens is 435 g/mol. The summed E-state index contributed by atoms with van der Waals surface area (Å²) in [6.07, 6.45) is 0. The average Bonchev–Trinajstić information content (AvgIpc) is 3.10. The summed E-state index contributed by atoms with van der Waals surface area (Å²) in [7, 11) is 0. The maximum Gasteiger partial charge on any atom is 0.262 e. The van der Waals surface area contributed by atoms with Crippen molar-refractivity contribution in [2.45, 2.75) is 0 Å². The molecule has 142 valence electrons. The van der Waals surface area contributed by atoms with E-state index in [0.717, 1.165) is 28.4 Å². The number of hydrogen-bond acceptors (Lipinski definition) is 5. The Morgan fingerprint density at radius 1 is 1.04 bits per heavy atom. The number of amides is 3. The van der Waals surface area contributed by atoms with Gasteiger partial charge < -0.3 is 5.32 Å². The molecule has 0 atom stereocenters. The molecule has 0 saturated carbocycles. The first-order valence-corrected chi connectivity index (χ1v) is 9.22. The van der Waals surface area contributed by atoms with Crippen LogP contribution in [0.4, 0.5) is 13.9 Å². The molecular formula is C17H7Cl2F2N3O3S. The fourth-order valence-corrected chi connectivity index (χ4v) is 3.92. The van der Waals surface area contributed by atoms with Crippen LogP contribution in [0, 0.1) is 11.6 Å². The summed E-state index contributed by atoms with van der Waals surface area (Å²) < 4.78 is 26.9. The first kappa shape index (κ1) is 18.7. The van der Waals surface area contributed by atoms with E-state index in [0.29, 0.717) is 4.70 Å². The van der Waals surface area contributed by atoms with Gasteiger partial charge in [-0.25, -0.2) is 13.8 Å². The zero-order valence-corrected chi connectivity index (χ0v) is 15.9. The van der Waals surface area contributed by atoms with Crippen LogP contribution in [0.5, 0.6) is 0 Å². The van der Waals surface area contributed by atoms with Gasteiger partial charge in [0, 0.05) is 6.07 Å². The van der Waals surface area contributed by atoms with E-state index in [-0.39, 0.29) is 31.8 Å². The highest BCUT2D eigenvalue weighted by atomic mass is 35.5. The molecule has 2 heterocycles. The molecule has 11 heteroatoms. The highest BCUT2D eigenvalue weighted by Crippen LogP contribution is 2.32. The first-order valence-electron chi connectivity index (χ1n) is 7.65. The van der Waals surface area contributed by atoms with Crippen molar-refractivity contribution < 1.29 is 23.2 Å². The van der Waals surface area contributed by atoms with Gasteiger partial charge in [-0.05, 0) is 18.2 Å². The summed E-state index contributed by atoms with van der Waals surface area (Å²) in [4.78, 5) is 41.8. The topological polar surface area (TPSA) is 79.4 Å². The van der Waals surface area contributed by atoms with Gasteiger partial charge in [0.1, 0.15) is 6.54 Å². The lowest BCUT2D eigenvalue weighted by molar-refractivity contribution is -0.116. The van der Waals surface area contributed by atoms with E-state index in [1.165, 1.54) is 12.1 Å². The summed E-state index contributed by atoms with van der Waals surface area (Å²) in [6, 6.07) is 4.42. The minimum absolute atomic E-state index is 0.0538. The van der Waals surface area contributed by atoms with Gasteiger partial charge in [-0.2, -0.15) is 0 Å². The first-order chi connectivity index (χ1) is 13.2. The summed E-state index contributed by atoms with van der Waals surface area (Å²) in [5.74, 6) is -4.15. The number of thiazole rings is 1. The normalized spacial score (nSPS) is 13.4. The molecule has 1 aromatic heterocycles. The molecule has 1 aliphatic rings. The number of aromatic nitrogens is 1. The predicted octanol–water partition coefficient (Wildman–Crippen LogP) is 4.12. The molecule has 3 aromatic rings. The summed E-state index contributed by atoms with van der Waals surface area (Å²) in [6.45, 7) is -0.569. The number of nitrogens with zero attached hydrogens (tertiary/aromatic N) is 2. The lowest BCUT2D eigenvalue weighted by Crippen LogP contribution is -2.37. The smallest absolute Gasteiger partial charge is 0.262 e. The van der Waals surface area contributed by atoms with E-state index in [9.17, 15) is 23.2 Å². The number of fused-ring (bicyclic) bond motifs is 2. The number of anilines is 1. The second-order valence-corrected chi connectivity index (χ2v) is 7.65. The maximum atomic E-state index is 13.3. The second kappa shape index (κ2) is 6.77. The predicted molar refractivity (Wildman–Crippen MR) is 100.0 cm³/mol. The third-order valence-corrected chi connectivity index (χ3v) is 5.65. The van der Waals surface area contributed by atoms with Crippen LogP contribution in [0.15, 0.2) is 24.3 Å². The van der Waals surface area contributed by atoms with Crippen LogP contribution >= 0.6 is 34.5 Å². The van der Waals surface area contributed by atoms with Gasteiger partial charge in [-0.1, -0.05) is 34.5 Å². The van der Waals surface area contributed by atoms with E-state index in [1.807, 2.05) is 0 Å². The highest BCUT2D eigenvalue weighted by Gasteiger charge is 2.37. The SMILES string of the molecule is O=C(CN1C(=O)c2cc(Cl)c(Cl)cc2C1=O)Nc1nc2cc(F)c(F)cc2s1. The number of imide groups is 1. The number of carbonyl (C=O) groups is 3. The fourth-order valence-electron chi connectivity index (χ4n) is 2.71. The van der Waals surface area contributed by atoms with E-state index in [2.05, 4.69) is 10.3 Å². The Morgan fingerprint density at radius 2 is 1.61 bits per heavy atom. The van der Waals surface area contributed by atoms with Crippen LogP contribution < -0.4 is 5.32 Å². The molecule has 0 unspecified atom stereocenters. The molecule has 0 bridgehead atoms. The molecule has 4 rings (SSSR count). The van der Waals surface area contributed by atoms with Crippen LogP contribution in [0.2, 0.25) is 10.0 Å². The Balaban J connectivity index is 1.53. The van der Waals surface area contributed by atoms with Crippen molar-refractivity contribution in [2.24, 2.45) is 0 Å². The molecule has 0 aliphatic carbocycles. The number of benzene rings is 2. The van der Waals surface area contributed by atoms with Crippen LogP contribution in [0.1, 0.15) is 20.7 Å². The number of halogens is 4. The van der Waals surface area contributed by atoms with E-state index in [4.69, 9.17) is 23.2 Å². The minimum atomic E-state index is -1.06. The highest BCUT2D eigenvalue weighted by molar-refractivity contribution is 7.22. The molecule has 28 heavy (non-hydrogen) atoms. The fraction of sp³-hybridized carbons (Fsp3) is 0.0588. The van der Waals surface area contributed by atoms with E-state index in [1.54, 1.807) is 0 Å². The van der Waals surface area contributed by atoms with Gasteiger partial charge >= 0.3 is 0 Å². The monoisotopic (exact) mass is 441 g/mol. The Labute approximate surface area is 169 Å². The van der Waals surface area contributed by atoms with Crippen molar-refractivity contribution in [3.8, 4) is 0 Å². The number of nitrogens with one attached hydrogen (secondary N) is 1. The van der Waals surface area contributed by atoms with Crippen LogP contribution in [0.25, 0.3) is 10.2 Å². The molecule has 0 fully saturated rings. The van der Waals surface area contributed by atoms with Crippen molar-refractivity contribution in [3.05, 3.63) is 57.1 Å². The quantitative estimate of drug-likeness (QED) is 0.620. The zero-order chi connectivity index (χ0) is 20.2. The summed E-state index contributed by atoms with van der Waals surface area (Å²) >= 11 is 12.7. The molecule has 0 spiro atoms.